The van der Waals surface area contributed by atoms with E-state index in [9.17, 15) is 0 Å². The third kappa shape index (κ3) is 4.32. The fraction of sp³-hybridized carbons (Fsp3) is 0.125. The van der Waals surface area contributed by atoms with Crippen molar-refractivity contribution >= 4 is 35.5 Å². The van der Waals surface area contributed by atoms with Crippen LogP contribution in [0.25, 0.3) is 0 Å². The van der Waals surface area contributed by atoms with Crippen LogP contribution in [0.4, 0.5) is 5.69 Å². The highest BCUT2D eigenvalue weighted by atomic mass is 35.5. The van der Waals surface area contributed by atoms with E-state index in [1.54, 1.807) is 31.2 Å². The molecule has 1 aromatic rings. The van der Waals surface area contributed by atoms with Gasteiger partial charge in [-0.2, -0.15) is 5.10 Å². The van der Waals surface area contributed by atoms with Gasteiger partial charge in [-0.1, -0.05) is 11.6 Å². The van der Waals surface area contributed by atoms with Crippen molar-refractivity contribution in [3.63, 3.8) is 0 Å². The van der Waals surface area contributed by atoms with Crippen LogP contribution in [0, 0.1) is 0 Å². The van der Waals surface area contributed by atoms with Gasteiger partial charge in [0.2, 0.25) is 0 Å². The van der Waals surface area contributed by atoms with Crippen LogP contribution in [-0.2, 0) is 0 Å². The largest absolute Gasteiger partial charge is 0.290 e. The topological polar surface area (TPSA) is 56.7 Å². The number of anilines is 1. The molecule has 0 aliphatic rings. The lowest BCUT2D eigenvalue weighted by molar-refractivity contribution is 0.233. The highest BCUT2D eigenvalue weighted by Gasteiger charge is 1.90. The number of hydrazone groups is 1. The summed E-state index contributed by atoms with van der Waals surface area (Å²) < 4.78 is 0. The Morgan fingerprint density at radius 1 is 1.36 bits per heavy atom. The first-order chi connectivity index (χ1) is 6.22. The molecule has 0 aromatic heterocycles. The number of rotatable bonds is 2. The second kappa shape index (κ2) is 6.48. The second-order valence-electron chi connectivity index (χ2n) is 2.43. The molecule has 0 radical (unpaired) electrons. The van der Waals surface area contributed by atoms with Crippen molar-refractivity contribution in [1.82, 2.24) is 5.48 Å². The molecule has 0 unspecified atom stereocenters. The van der Waals surface area contributed by atoms with Crippen molar-refractivity contribution in [3.05, 3.63) is 29.3 Å². The molecule has 0 saturated carbocycles. The first-order valence-electron chi connectivity index (χ1n) is 3.68. The maximum absolute atomic E-state index is 8.42. The van der Waals surface area contributed by atoms with Gasteiger partial charge >= 0.3 is 0 Å². The zero-order chi connectivity index (χ0) is 9.68. The molecule has 1 rings (SSSR count). The molecular formula is C8H11Cl2N3O. The summed E-state index contributed by atoms with van der Waals surface area (Å²) in [6.45, 7) is 1.63. The van der Waals surface area contributed by atoms with Gasteiger partial charge in [0.05, 0.1) is 5.69 Å². The van der Waals surface area contributed by atoms with Gasteiger partial charge in [0, 0.05) is 5.02 Å². The molecule has 0 aliphatic carbocycles. The number of halogens is 2. The number of amidine groups is 1. The van der Waals surface area contributed by atoms with Crippen LogP contribution in [0.15, 0.2) is 29.4 Å². The molecule has 0 amide bonds. The minimum absolute atomic E-state index is 0. The van der Waals surface area contributed by atoms with Crippen molar-refractivity contribution < 1.29 is 5.21 Å². The number of nitrogens with one attached hydrogen (secondary N) is 2. The van der Waals surface area contributed by atoms with Crippen LogP contribution in [0.5, 0.6) is 0 Å². The predicted molar refractivity (Wildman–Crippen MR) is 60.4 cm³/mol. The number of benzene rings is 1. The van der Waals surface area contributed by atoms with Crippen molar-refractivity contribution in [2.45, 2.75) is 6.92 Å². The summed E-state index contributed by atoms with van der Waals surface area (Å²) in [4.78, 5) is 0. The first-order valence-corrected chi connectivity index (χ1v) is 4.06. The molecule has 0 bridgehead atoms. The summed E-state index contributed by atoms with van der Waals surface area (Å²) >= 11 is 5.69. The Bertz CT molecular complexity index is 300. The molecule has 14 heavy (non-hydrogen) atoms. The Morgan fingerprint density at radius 3 is 2.43 bits per heavy atom. The number of hydrogen-bond donors (Lipinski definition) is 3. The van der Waals surface area contributed by atoms with Gasteiger partial charge in [0.25, 0.3) is 0 Å². The number of nitrogens with zero attached hydrogens (tertiary/aromatic N) is 1. The van der Waals surface area contributed by atoms with Crippen LogP contribution in [0.1, 0.15) is 6.92 Å². The lowest BCUT2D eigenvalue weighted by Gasteiger charge is -2.01. The molecular weight excluding hydrogens is 225 g/mol. The quantitative estimate of drug-likeness (QED) is 0.420. The molecule has 4 nitrogen and oxygen atoms in total. The molecule has 6 heteroatoms. The highest BCUT2D eigenvalue weighted by Crippen LogP contribution is 2.12. The molecule has 0 spiro atoms. The molecule has 78 valence electrons. The molecule has 3 N–H and O–H groups in total. The van der Waals surface area contributed by atoms with Gasteiger partial charge in [0.1, 0.15) is 5.84 Å². The van der Waals surface area contributed by atoms with Crippen molar-refractivity contribution in [2.24, 2.45) is 5.10 Å². The van der Waals surface area contributed by atoms with Gasteiger partial charge in [0.15, 0.2) is 0 Å². The van der Waals surface area contributed by atoms with Gasteiger partial charge in [-0.05, 0) is 31.2 Å². The molecule has 0 heterocycles. The lowest BCUT2D eigenvalue weighted by Crippen LogP contribution is -2.16. The van der Waals surface area contributed by atoms with E-state index in [2.05, 4.69) is 10.5 Å². The van der Waals surface area contributed by atoms with Crippen molar-refractivity contribution in [1.29, 1.82) is 0 Å². The SMILES string of the molecule is CC(=NNc1ccc(Cl)cc1)NO.Cl. The average Bonchev–Trinajstić information content (AvgIpc) is 2.16. The van der Waals surface area contributed by atoms with Gasteiger partial charge in [-0.15, -0.1) is 12.4 Å². The Morgan fingerprint density at radius 2 is 1.93 bits per heavy atom. The Hall–Kier alpha value is -0.970. The first kappa shape index (κ1) is 13.0. The molecule has 0 atom stereocenters. The summed E-state index contributed by atoms with van der Waals surface area (Å²) in [5.74, 6) is 0.384. The Labute approximate surface area is 93.3 Å². The van der Waals surface area contributed by atoms with E-state index < -0.39 is 0 Å². The van der Waals surface area contributed by atoms with E-state index >= 15 is 0 Å². The minimum Gasteiger partial charge on any atom is -0.290 e. The fourth-order valence-electron chi connectivity index (χ4n) is 0.698. The van der Waals surface area contributed by atoms with Gasteiger partial charge in [-0.25, -0.2) is 0 Å². The Balaban J connectivity index is 0.00000169. The van der Waals surface area contributed by atoms with E-state index in [0.29, 0.717) is 10.9 Å². The number of hydroxylamine groups is 1. The second-order valence-corrected chi connectivity index (χ2v) is 2.86. The van der Waals surface area contributed by atoms with Crippen molar-refractivity contribution in [2.75, 3.05) is 5.43 Å². The normalized spacial score (nSPS) is 10.4. The minimum atomic E-state index is 0. The standard InChI is InChI=1S/C8H10ClN3O.ClH/c1-6(12-13)10-11-8-4-2-7(9)3-5-8;/h2-5,11,13H,1H3,(H,10,12);1H. The lowest BCUT2D eigenvalue weighted by atomic mass is 10.3. The summed E-state index contributed by atoms with van der Waals surface area (Å²) in [5, 5.41) is 12.9. The summed E-state index contributed by atoms with van der Waals surface area (Å²) in [7, 11) is 0. The smallest absolute Gasteiger partial charge is 0.142 e. The maximum Gasteiger partial charge on any atom is 0.142 e. The van der Waals surface area contributed by atoms with E-state index in [1.807, 2.05) is 5.48 Å². The van der Waals surface area contributed by atoms with Crippen LogP contribution in [0.2, 0.25) is 5.02 Å². The van der Waals surface area contributed by atoms with Crippen LogP contribution < -0.4 is 10.9 Å². The number of hydrogen-bond acceptors (Lipinski definition) is 3. The zero-order valence-corrected chi connectivity index (χ0v) is 9.06. The fourth-order valence-corrected chi connectivity index (χ4v) is 0.824. The molecule has 0 aliphatic heterocycles. The van der Waals surface area contributed by atoms with Crippen LogP contribution in [0.3, 0.4) is 0 Å². The van der Waals surface area contributed by atoms with E-state index in [4.69, 9.17) is 16.8 Å². The molecule has 1 aromatic carbocycles. The zero-order valence-electron chi connectivity index (χ0n) is 7.49. The van der Waals surface area contributed by atoms with Crippen molar-refractivity contribution in [3.8, 4) is 0 Å². The molecule has 0 fully saturated rings. The van der Waals surface area contributed by atoms with E-state index in [-0.39, 0.29) is 12.4 Å². The van der Waals surface area contributed by atoms with Gasteiger partial charge in [-0.3, -0.25) is 16.1 Å². The summed E-state index contributed by atoms with van der Waals surface area (Å²) in [6.07, 6.45) is 0. The van der Waals surface area contributed by atoms with E-state index in [1.165, 1.54) is 0 Å². The summed E-state index contributed by atoms with van der Waals surface area (Å²) in [5.41, 5.74) is 5.44. The third-order valence-electron chi connectivity index (χ3n) is 1.36. The monoisotopic (exact) mass is 235 g/mol. The summed E-state index contributed by atoms with van der Waals surface area (Å²) in [6, 6.07) is 7.08. The average molecular weight is 236 g/mol. The maximum atomic E-state index is 8.42. The van der Waals surface area contributed by atoms with Crippen LogP contribution in [-0.4, -0.2) is 11.0 Å². The van der Waals surface area contributed by atoms with Gasteiger partial charge < -0.3 is 0 Å². The predicted octanol–water partition coefficient (Wildman–Crippen LogP) is 2.49. The Kier molecular flexibility index (Phi) is 6.03. The molecule has 0 saturated heterocycles. The van der Waals surface area contributed by atoms with Crippen LogP contribution >= 0.6 is 24.0 Å². The van der Waals surface area contributed by atoms with E-state index in [0.717, 1.165) is 5.69 Å². The highest BCUT2D eigenvalue weighted by molar-refractivity contribution is 6.30. The third-order valence-corrected chi connectivity index (χ3v) is 1.61.